The third kappa shape index (κ3) is 4.90. The summed E-state index contributed by atoms with van der Waals surface area (Å²) in [6.07, 6.45) is 0. The van der Waals surface area contributed by atoms with Gasteiger partial charge in [0, 0.05) is 31.6 Å². The number of nitrogens with one attached hydrogen (secondary N) is 1. The van der Waals surface area contributed by atoms with Gasteiger partial charge in [-0.2, -0.15) is 0 Å². The molecule has 150 valence electrons. The first-order chi connectivity index (χ1) is 13.2. The minimum atomic E-state index is -0.352. The zero-order valence-electron chi connectivity index (χ0n) is 17.4. The fourth-order valence-corrected chi connectivity index (χ4v) is 3.63. The van der Waals surface area contributed by atoms with E-state index in [1.807, 2.05) is 44.7 Å². The van der Waals surface area contributed by atoms with Crippen LogP contribution in [-0.2, 0) is 9.59 Å². The minimum absolute atomic E-state index is 0.0243. The molecule has 2 amide bonds. The highest BCUT2D eigenvalue weighted by Gasteiger charge is 2.30. The van der Waals surface area contributed by atoms with Gasteiger partial charge in [0.25, 0.3) is 0 Å². The van der Waals surface area contributed by atoms with Crippen LogP contribution in [-0.4, -0.2) is 54.3 Å². The van der Waals surface area contributed by atoms with Crippen molar-refractivity contribution in [2.24, 2.45) is 5.41 Å². The fraction of sp³-hybridized carbons (Fsp3) is 0.478. The molecule has 1 heterocycles. The third-order valence-corrected chi connectivity index (χ3v) is 5.32. The molecule has 1 saturated heterocycles. The van der Waals surface area contributed by atoms with Gasteiger partial charge in [-0.15, -0.1) is 0 Å². The average molecular weight is 382 g/mol. The van der Waals surface area contributed by atoms with Gasteiger partial charge in [0.1, 0.15) is 0 Å². The number of hydrogen-bond donors (Lipinski definition) is 1. The molecule has 0 saturated carbocycles. The molecule has 0 bridgehead atoms. The second kappa shape index (κ2) is 8.31. The van der Waals surface area contributed by atoms with Gasteiger partial charge in [0.15, 0.2) is 0 Å². The molecule has 1 unspecified atom stereocenters. The topological polar surface area (TPSA) is 52.7 Å². The van der Waals surface area contributed by atoms with Gasteiger partial charge >= 0.3 is 0 Å². The largest absolute Gasteiger partial charge is 0.348 e. The molecule has 1 N–H and O–H groups in total. The zero-order chi connectivity index (χ0) is 20.3. The van der Waals surface area contributed by atoms with E-state index in [9.17, 15) is 9.59 Å². The van der Waals surface area contributed by atoms with Crippen LogP contribution >= 0.6 is 0 Å². The summed E-state index contributed by atoms with van der Waals surface area (Å²) in [5.74, 6) is 0.206. The Labute approximate surface area is 167 Å². The third-order valence-electron chi connectivity index (χ3n) is 5.32. The lowest BCUT2D eigenvalue weighted by atomic mass is 9.94. The highest BCUT2D eigenvalue weighted by atomic mass is 16.2. The van der Waals surface area contributed by atoms with Crippen molar-refractivity contribution in [3.63, 3.8) is 0 Å². The number of hydrogen-bond acceptors (Lipinski definition) is 3. The molecule has 0 radical (unpaired) electrons. The molecular weight excluding hydrogens is 350 g/mol. The first-order valence-electron chi connectivity index (χ1n) is 10.0. The molecule has 0 aromatic heterocycles. The highest BCUT2D eigenvalue weighted by Crippen LogP contribution is 2.21. The van der Waals surface area contributed by atoms with Gasteiger partial charge in [-0.25, -0.2) is 0 Å². The Morgan fingerprint density at radius 1 is 1.00 bits per heavy atom. The van der Waals surface area contributed by atoms with E-state index in [0.717, 1.165) is 18.7 Å². The van der Waals surface area contributed by atoms with E-state index in [1.165, 1.54) is 10.8 Å². The van der Waals surface area contributed by atoms with Gasteiger partial charge in [0.2, 0.25) is 11.8 Å². The molecule has 2 aromatic rings. The monoisotopic (exact) mass is 381 g/mol. The highest BCUT2D eigenvalue weighted by molar-refractivity contribution is 5.84. The van der Waals surface area contributed by atoms with Gasteiger partial charge in [-0.05, 0) is 29.3 Å². The number of carbonyl (C=O) groups excluding carboxylic acids is 2. The Morgan fingerprint density at radius 3 is 2.29 bits per heavy atom. The molecular formula is C23H31N3O2. The maximum atomic E-state index is 12.5. The van der Waals surface area contributed by atoms with Crippen LogP contribution in [0.3, 0.4) is 0 Å². The normalized spacial score (nSPS) is 16.8. The van der Waals surface area contributed by atoms with Crippen molar-refractivity contribution in [2.45, 2.75) is 33.7 Å². The van der Waals surface area contributed by atoms with Crippen LogP contribution in [0.1, 0.15) is 39.3 Å². The second-order valence-corrected chi connectivity index (χ2v) is 8.71. The summed E-state index contributed by atoms with van der Waals surface area (Å²) >= 11 is 0. The Balaban J connectivity index is 1.51. The quantitative estimate of drug-likeness (QED) is 0.885. The molecule has 2 aromatic carbocycles. The van der Waals surface area contributed by atoms with Crippen molar-refractivity contribution in [1.29, 1.82) is 0 Å². The lowest BCUT2D eigenvalue weighted by Gasteiger charge is -2.37. The summed E-state index contributed by atoms with van der Waals surface area (Å²) in [5.41, 5.74) is 0.752. The predicted octanol–water partition coefficient (Wildman–Crippen LogP) is 3.21. The maximum absolute atomic E-state index is 12.5. The van der Waals surface area contributed by atoms with Crippen LogP contribution in [0.5, 0.6) is 0 Å². The summed E-state index contributed by atoms with van der Waals surface area (Å²) < 4.78 is 0. The van der Waals surface area contributed by atoms with Crippen molar-refractivity contribution in [3.8, 4) is 0 Å². The molecule has 28 heavy (non-hydrogen) atoms. The Bertz CT molecular complexity index is 848. The van der Waals surface area contributed by atoms with E-state index < -0.39 is 0 Å². The van der Waals surface area contributed by atoms with Crippen LogP contribution in [0, 0.1) is 5.41 Å². The first-order valence-corrected chi connectivity index (χ1v) is 10.0. The van der Waals surface area contributed by atoms with Crippen LogP contribution in [0.4, 0.5) is 0 Å². The summed E-state index contributed by atoms with van der Waals surface area (Å²) in [5, 5.41) is 5.49. The molecule has 1 atom stereocenters. The predicted molar refractivity (Wildman–Crippen MR) is 113 cm³/mol. The number of rotatable bonds is 4. The van der Waals surface area contributed by atoms with Crippen LogP contribution in [0.15, 0.2) is 42.5 Å². The lowest BCUT2D eigenvalue weighted by Crippen LogP contribution is -2.53. The number of nitrogens with zero attached hydrogens (tertiary/aromatic N) is 2. The van der Waals surface area contributed by atoms with E-state index in [-0.39, 0.29) is 23.3 Å². The van der Waals surface area contributed by atoms with Crippen LogP contribution < -0.4 is 5.32 Å². The Morgan fingerprint density at radius 2 is 1.64 bits per heavy atom. The SMILES string of the molecule is CC(NC(=O)CN1CCN(C(=O)C(C)(C)C)CC1)c1ccc2ccccc2c1. The van der Waals surface area contributed by atoms with E-state index in [4.69, 9.17) is 0 Å². The Kier molecular flexibility index (Phi) is 6.04. The number of benzene rings is 2. The fourth-order valence-electron chi connectivity index (χ4n) is 3.63. The van der Waals surface area contributed by atoms with Gasteiger partial charge in [-0.3, -0.25) is 14.5 Å². The van der Waals surface area contributed by atoms with Crippen molar-refractivity contribution in [2.75, 3.05) is 32.7 Å². The molecule has 0 aliphatic carbocycles. The molecule has 5 heteroatoms. The number of fused-ring (bicyclic) bond motifs is 1. The van der Waals surface area contributed by atoms with E-state index >= 15 is 0 Å². The number of piperazine rings is 1. The van der Waals surface area contributed by atoms with E-state index in [2.05, 4.69) is 40.5 Å². The van der Waals surface area contributed by atoms with Crippen molar-refractivity contribution in [3.05, 3.63) is 48.0 Å². The number of carbonyl (C=O) groups is 2. The standard InChI is InChI=1S/C23H31N3O2/c1-17(19-10-9-18-7-5-6-8-20(18)15-19)24-21(27)16-25-11-13-26(14-12-25)22(28)23(2,3)4/h5-10,15,17H,11-14,16H2,1-4H3,(H,24,27). The van der Waals surface area contributed by atoms with Gasteiger partial charge in [-0.1, -0.05) is 57.2 Å². The van der Waals surface area contributed by atoms with Crippen LogP contribution in [0.2, 0.25) is 0 Å². The molecule has 3 rings (SSSR count). The zero-order valence-corrected chi connectivity index (χ0v) is 17.4. The summed E-state index contributed by atoms with van der Waals surface area (Å²) in [4.78, 5) is 28.9. The average Bonchev–Trinajstić information content (AvgIpc) is 2.66. The number of amides is 2. The van der Waals surface area contributed by atoms with Crippen LogP contribution in [0.25, 0.3) is 10.8 Å². The summed E-state index contributed by atoms with van der Waals surface area (Å²) in [6, 6.07) is 14.5. The summed E-state index contributed by atoms with van der Waals surface area (Å²) in [6.45, 7) is 11.1. The molecule has 5 nitrogen and oxygen atoms in total. The molecule has 1 aliphatic rings. The minimum Gasteiger partial charge on any atom is -0.348 e. The van der Waals surface area contributed by atoms with Crippen molar-refractivity contribution < 1.29 is 9.59 Å². The Hall–Kier alpha value is -2.40. The van der Waals surface area contributed by atoms with Gasteiger partial charge < -0.3 is 10.2 Å². The molecule has 0 spiro atoms. The molecule has 1 fully saturated rings. The lowest BCUT2D eigenvalue weighted by molar-refractivity contribution is -0.141. The van der Waals surface area contributed by atoms with Gasteiger partial charge in [0.05, 0.1) is 12.6 Å². The summed E-state index contributed by atoms with van der Waals surface area (Å²) in [7, 11) is 0. The van der Waals surface area contributed by atoms with E-state index in [0.29, 0.717) is 19.6 Å². The van der Waals surface area contributed by atoms with E-state index in [1.54, 1.807) is 0 Å². The first kappa shape index (κ1) is 20.3. The second-order valence-electron chi connectivity index (χ2n) is 8.71. The van der Waals surface area contributed by atoms with Crippen molar-refractivity contribution in [1.82, 2.24) is 15.1 Å². The maximum Gasteiger partial charge on any atom is 0.234 e. The molecule has 1 aliphatic heterocycles. The van der Waals surface area contributed by atoms with Crippen molar-refractivity contribution >= 4 is 22.6 Å². The smallest absolute Gasteiger partial charge is 0.234 e.